The van der Waals surface area contributed by atoms with Gasteiger partial charge in [0.05, 0.1) is 14.2 Å². The van der Waals surface area contributed by atoms with Crippen LogP contribution in [0.25, 0.3) is 0 Å². The van der Waals surface area contributed by atoms with Gasteiger partial charge in [0, 0.05) is 24.1 Å². The molecule has 0 saturated carbocycles. The number of nitrogens with one attached hydrogen (secondary N) is 1. The zero-order valence-electron chi connectivity index (χ0n) is 12.0. The molecule has 1 unspecified atom stereocenters. The monoisotopic (exact) mass is 285 g/mol. The fourth-order valence-electron chi connectivity index (χ4n) is 1.81. The highest BCUT2D eigenvalue weighted by Crippen LogP contribution is 2.34. The second-order valence-electron chi connectivity index (χ2n) is 4.31. The number of ether oxygens (including phenoxy) is 2. The third-order valence-electron chi connectivity index (χ3n) is 2.99. The van der Waals surface area contributed by atoms with Crippen LogP contribution in [0.1, 0.15) is 18.9 Å². The van der Waals surface area contributed by atoms with Gasteiger partial charge in [-0.2, -0.15) is 0 Å². The van der Waals surface area contributed by atoms with Crippen molar-refractivity contribution >= 4 is 11.8 Å². The number of thioether (sulfide) groups is 1. The summed E-state index contributed by atoms with van der Waals surface area (Å²) in [5, 5.41) is 12.3. The molecular formula is C14H23NO3S. The van der Waals surface area contributed by atoms with Crippen molar-refractivity contribution in [3.8, 4) is 11.5 Å². The summed E-state index contributed by atoms with van der Waals surface area (Å²) in [4.78, 5) is 1.17. The first-order valence-electron chi connectivity index (χ1n) is 6.29. The van der Waals surface area contributed by atoms with Crippen molar-refractivity contribution in [1.82, 2.24) is 5.32 Å². The van der Waals surface area contributed by atoms with Crippen LogP contribution >= 0.6 is 11.8 Å². The van der Waals surface area contributed by atoms with E-state index in [9.17, 15) is 0 Å². The fourth-order valence-corrected chi connectivity index (χ4v) is 2.43. The maximum atomic E-state index is 8.90. The van der Waals surface area contributed by atoms with Crippen LogP contribution in [0.3, 0.4) is 0 Å². The van der Waals surface area contributed by atoms with Crippen LogP contribution in [0.4, 0.5) is 0 Å². The average molecular weight is 285 g/mol. The van der Waals surface area contributed by atoms with Crippen molar-refractivity contribution in [3.63, 3.8) is 0 Å². The van der Waals surface area contributed by atoms with E-state index in [1.165, 1.54) is 10.5 Å². The number of aliphatic hydroxyl groups is 1. The first kappa shape index (κ1) is 16.1. The number of hydrogen-bond acceptors (Lipinski definition) is 5. The summed E-state index contributed by atoms with van der Waals surface area (Å²) in [6.45, 7) is 3.02. The second kappa shape index (κ2) is 8.30. The van der Waals surface area contributed by atoms with Crippen molar-refractivity contribution in [2.45, 2.75) is 30.8 Å². The lowest BCUT2D eigenvalue weighted by Crippen LogP contribution is -2.26. The molecule has 0 heterocycles. The standard InChI is InChI=1S/C14H23NO3S/c1-10(5-6-16)15-9-11-7-12(17-2)13(18-3)8-14(11)19-4/h7-8,10,15-16H,5-6,9H2,1-4H3. The normalized spacial score (nSPS) is 12.3. The minimum Gasteiger partial charge on any atom is -0.493 e. The highest BCUT2D eigenvalue weighted by molar-refractivity contribution is 7.98. The number of aliphatic hydroxyl groups excluding tert-OH is 1. The van der Waals surface area contributed by atoms with E-state index in [0.717, 1.165) is 24.5 Å². The van der Waals surface area contributed by atoms with Gasteiger partial charge in [-0.3, -0.25) is 0 Å². The topological polar surface area (TPSA) is 50.7 Å². The molecule has 1 atom stereocenters. The first-order chi connectivity index (χ1) is 9.15. The van der Waals surface area contributed by atoms with Crippen LogP contribution in [0.5, 0.6) is 11.5 Å². The Morgan fingerprint density at radius 3 is 2.42 bits per heavy atom. The molecule has 0 aliphatic carbocycles. The van der Waals surface area contributed by atoms with Gasteiger partial charge < -0.3 is 19.9 Å². The Hall–Kier alpha value is -0.910. The Morgan fingerprint density at radius 2 is 1.89 bits per heavy atom. The van der Waals surface area contributed by atoms with Crippen LogP contribution in [0, 0.1) is 0 Å². The molecule has 5 heteroatoms. The molecule has 0 aliphatic rings. The summed E-state index contributed by atoms with van der Waals surface area (Å²) >= 11 is 1.68. The molecule has 0 aromatic heterocycles. The molecule has 0 radical (unpaired) electrons. The quantitative estimate of drug-likeness (QED) is 0.718. The molecule has 108 valence electrons. The Balaban J connectivity index is 2.86. The lowest BCUT2D eigenvalue weighted by atomic mass is 10.1. The molecule has 0 saturated heterocycles. The summed E-state index contributed by atoms with van der Waals surface area (Å²) < 4.78 is 10.6. The van der Waals surface area contributed by atoms with Crippen molar-refractivity contribution < 1.29 is 14.6 Å². The van der Waals surface area contributed by atoms with Crippen molar-refractivity contribution in [2.75, 3.05) is 27.1 Å². The van der Waals surface area contributed by atoms with E-state index in [-0.39, 0.29) is 12.6 Å². The SMILES string of the molecule is COc1cc(CNC(C)CCO)c(SC)cc1OC. The van der Waals surface area contributed by atoms with Crippen LogP contribution in [0.2, 0.25) is 0 Å². The van der Waals surface area contributed by atoms with Gasteiger partial charge in [-0.05, 0) is 37.3 Å². The van der Waals surface area contributed by atoms with Gasteiger partial charge >= 0.3 is 0 Å². The maximum absolute atomic E-state index is 8.90. The van der Waals surface area contributed by atoms with E-state index in [0.29, 0.717) is 0 Å². The Bertz CT molecular complexity index is 399. The van der Waals surface area contributed by atoms with E-state index in [4.69, 9.17) is 14.6 Å². The number of rotatable bonds is 8. The smallest absolute Gasteiger partial charge is 0.161 e. The van der Waals surface area contributed by atoms with Crippen LogP contribution in [-0.4, -0.2) is 38.2 Å². The van der Waals surface area contributed by atoms with Crippen molar-refractivity contribution in [3.05, 3.63) is 17.7 Å². The van der Waals surface area contributed by atoms with Gasteiger partial charge in [0.15, 0.2) is 11.5 Å². The van der Waals surface area contributed by atoms with Crippen molar-refractivity contribution in [1.29, 1.82) is 0 Å². The molecule has 19 heavy (non-hydrogen) atoms. The molecule has 4 nitrogen and oxygen atoms in total. The van der Waals surface area contributed by atoms with Gasteiger partial charge in [0.25, 0.3) is 0 Å². The van der Waals surface area contributed by atoms with E-state index in [1.807, 2.05) is 18.4 Å². The lowest BCUT2D eigenvalue weighted by Gasteiger charge is -2.16. The van der Waals surface area contributed by atoms with Gasteiger partial charge in [-0.25, -0.2) is 0 Å². The second-order valence-corrected chi connectivity index (χ2v) is 5.16. The molecule has 1 aromatic carbocycles. The first-order valence-corrected chi connectivity index (χ1v) is 7.51. The van der Waals surface area contributed by atoms with Crippen LogP contribution in [-0.2, 0) is 6.54 Å². The number of hydrogen-bond donors (Lipinski definition) is 2. The molecule has 1 rings (SSSR count). The lowest BCUT2D eigenvalue weighted by molar-refractivity contribution is 0.268. The highest BCUT2D eigenvalue weighted by Gasteiger charge is 2.11. The summed E-state index contributed by atoms with van der Waals surface area (Å²) in [5.74, 6) is 1.49. The molecule has 0 aliphatic heterocycles. The molecule has 0 spiro atoms. The van der Waals surface area contributed by atoms with Gasteiger partial charge in [0.2, 0.25) is 0 Å². The predicted molar refractivity (Wildman–Crippen MR) is 79.3 cm³/mol. The third kappa shape index (κ3) is 4.60. The summed E-state index contributed by atoms with van der Waals surface area (Å²) in [5.41, 5.74) is 1.18. The predicted octanol–water partition coefficient (Wildman–Crippen LogP) is 2.29. The number of methoxy groups -OCH3 is 2. The van der Waals surface area contributed by atoms with Crippen LogP contribution < -0.4 is 14.8 Å². The van der Waals surface area contributed by atoms with E-state index < -0.39 is 0 Å². The zero-order chi connectivity index (χ0) is 14.3. The third-order valence-corrected chi connectivity index (χ3v) is 3.81. The van der Waals surface area contributed by atoms with E-state index >= 15 is 0 Å². The molecule has 2 N–H and O–H groups in total. The summed E-state index contributed by atoms with van der Waals surface area (Å²) in [6, 6.07) is 4.29. The van der Waals surface area contributed by atoms with E-state index in [1.54, 1.807) is 26.0 Å². The fraction of sp³-hybridized carbons (Fsp3) is 0.571. The summed E-state index contributed by atoms with van der Waals surface area (Å²) in [7, 11) is 3.28. The van der Waals surface area contributed by atoms with Gasteiger partial charge in [0.1, 0.15) is 0 Å². The zero-order valence-corrected chi connectivity index (χ0v) is 12.8. The van der Waals surface area contributed by atoms with E-state index in [2.05, 4.69) is 12.2 Å². The minimum absolute atomic E-state index is 0.204. The molecule has 0 amide bonds. The Labute approximate surface area is 119 Å². The van der Waals surface area contributed by atoms with Crippen molar-refractivity contribution in [2.24, 2.45) is 0 Å². The largest absolute Gasteiger partial charge is 0.493 e. The average Bonchev–Trinajstić information content (AvgIpc) is 2.44. The Kier molecular flexibility index (Phi) is 7.05. The minimum atomic E-state index is 0.204. The highest BCUT2D eigenvalue weighted by atomic mass is 32.2. The summed E-state index contributed by atoms with van der Waals surface area (Å²) in [6.07, 6.45) is 2.80. The van der Waals surface area contributed by atoms with Crippen LogP contribution in [0.15, 0.2) is 17.0 Å². The number of benzene rings is 1. The maximum Gasteiger partial charge on any atom is 0.161 e. The molecular weight excluding hydrogens is 262 g/mol. The van der Waals surface area contributed by atoms with Gasteiger partial charge in [-0.15, -0.1) is 11.8 Å². The van der Waals surface area contributed by atoms with Gasteiger partial charge in [-0.1, -0.05) is 0 Å². The molecule has 0 bridgehead atoms. The molecule has 1 aromatic rings. The Morgan fingerprint density at radius 1 is 1.26 bits per heavy atom. The molecule has 0 fully saturated rings.